The van der Waals surface area contributed by atoms with E-state index in [1.54, 1.807) is 12.1 Å². The third kappa shape index (κ3) is 5.17. The molecule has 1 heterocycles. The fourth-order valence-corrected chi connectivity index (χ4v) is 3.62. The first kappa shape index (κ1) is 21.6. The van der Waals surface area contributed by atoms with Gasteiger partial charge < -0.3 is 15.7 Å². The average molecular weight is 433 g/mol. The molecule has 3 N–H and O–H groups in total. The molecule has 0 bridgehead atoms. The number of nitrogens with zero attached hydrogens (tertiary/aromatic N) is 2. The molecule has 2 amide bonds. The number of phenolic OH excluding ortho intramolecular Hbond substituents is 1. The van der Waals surface area contributed by atoms with Crippen molar-refractivity contribution in [3.05, 3.63) is 65.9 Å². The second-order valence-electron chi connectivity index (χ2n) is 8.66. The van der Waals surface area contributed by atoms with Crippen LogP contribution in [0.3, 0.4) is 0 Å². The molecule has 2 aromatic carbocycles. The molecule has 0 spiro atoms. The Hall–Kier alpha value is -3.61. The van der Waals surface area contributed by atoms with Gasteiger partial charge in [0.1, 0.15) is 5.75 Å². The van der Waals surface area contributed by atoms with E-state index in [4.69, 9.17) is 0 Å². The van der Waals surface area contributed by atoms with Gasteiger partial charge in [0, 0.05) is 36.2 Å². The van der Waals surface area contributed by atoms with Crippen molar-refractivity contribution in [2.24, 2.45) is 5.92 Å². The second-order valence-corrected chi connectivity index (χ2v) is 8.66. The van der Waals surface area contributed by atoms with Gasteiger partial charge in [0.15, 0.2) is 0 Å². The number of phenols is 1. The molecule has 1 aliphatic rings. The van der Waals surface area contributed by atoms with E-state index in [0.29, 0.717) is 35.8 Å². The lowest BCUT2D eigenvalue weighted by Gasteiger charge is -2.09. The molecule has 1 saturated carbocycles. The summed E-state index contributed by atoms with van der Waals surface area (Å²) in [5.41, 5.74) is 3.43. The molecular formula is C25H28N4O3. The lowest BCUT2D eigenvalue weighted by Crippen LogP contribution is -2.30. The Kier molecular flexibility index (Phi) is 6.25. The highest BCUT2D eigenvalue weighted by molar-refractivity contribution is 5.91. The Balaban J connectivity index is 1.53. The predicted octanol–water partition coefficient (Wildman–Crippen LogP) is 4.88. The van der Waals surface area contributed by atoms with Crippen molar-refractivity contribution in [2.75, 3.05) is 5.32 Å². The van der Waals surface area contributed by atoms with Crippen LogP contribution < -0.4 is 10.6 Å². The Bertz CT molecular complexity index is 1120. The van der Waals surface area contributed by atoms with Crippen LogP contribution >= 0.6 is 0 Å². The van der Waals surface area contributed by atoms with Gasteiger partial charge in [-0.25, -0.2) is 4.79 Å². The van der Waals surface area contributed by atoms with Crippen LogP contribution in [0.5, 0.6) is 5.75 Å². The lowest BCUT2D eigenvalue weighted by atomic mass is 10.1. The molecule has 1 fully saturated rings. The van der Waals surface area contributed by atoms with E-state index in [9.17, 15) is 14.7 Å². The van der Waals surface area contributed by atoms with Crippen LogP contribution in [0.4, 0.5) is 10.5 Å². The second kappa shape index (κ2) is 9.26. The fourth-order valence-electron chi connectivity index (χ4n) is 3.62. The highest BCUT2D eigenvalue weighted by atomic mass is 16.3. The number of rotatable bonds is 7. The molecule has 0 unspecified atom stereocenters. The third-order valence-corrected chi connectivity index (χ3v) is 5.36. The summed E-state index contributed by atoms with van der Waals surface area (Å²) in [6.45, 7) is 4.36. The number of carbonyl (C=O) groups is 2. The number of anilines is 1. The summed E-state index contributed by atoms with van der Waals surface area (Å²) in [7, 11) is 0. The van der Waals surface area contributed by atoms with Crippen LogP contribution in [0.15, 0.2) is 54.6 Å². The molecular weight excluding hydrogens is 404 g/mol. The molecule has 0 atom stereocenters. The van der Waals surface area contributed by atoms with Crippen molar-refractivity contribution < 1.29 is 14.7 Å². The Morgan fingerprint density at radius 2 is 1.88 bits per heavy atom. The number of carbonyl (C=O) groups excluding carboxylic acids is 2. The number of aromatic hydroxyl groups is 1. The topological polar surface area (TPSA) is 96.3 Å². The number of benzene rings is 2. The molecule has 166 valence electrons. The minimum absolute atomic E-state index is 0.00374. The van der Waals surface area contributed by atoms with Gasteiger partial charge in [-0.15, -0.1) is 0 Å². The maximum absolute atomic E-state index is 12.8. The van der Waals surface area contributed by atoms with Gasteiger partial charge in [-0.1, -0.05) is 44.2 Å². The summed E-state index contributed by atoms with van der Waals surface area (Å²) in [5.74, 6) is 0.461. The first-order valence-electron chi connectivity index (χ1n) is 11.0. The minimum Gasteiger partial charge on any atom is -0.507 e. The number of nitrogens with one attached hydrogen (secondary N) is 2. The molecule has 3 aromatic rings. The maximum Gasteiger partial charge on any atom is 0.342 e. The summed E-state index contributed by atoms with van der Waals surface area (Å²) in [6.07, 6.45) is 2.45. The predicted molar refractivity (Wildman–Crippen MR) is 123 cm³/mol. The van der Waals surface area contributed by atoms with Gasteiger partial charge >= 0.3 is 6.03 Å². The van der Waals surface area contributed by atoms with Gasteiger partial charge in [0.2, 0.25) is 5.91 Å². The normalized spacial score (nSPS) is 13.2. The summed E-state index contributed by atoms with van der Waals surface area (Å²) >= 11 is 0. The Labute approximate surface area is 187 Å². The smallest absolute Gasteiger partial charge is 0.342 e. The molecule has 4 rings (SSSR count). The summed E-state index contributed by atoms with van der Waals surface area (Å²) in [6, 6.07) is 16.2. The van der Waals surface area contributed by atoms with E-state index in [2.05, 4.69) is 15.7 Å². The van der Waals surface area contributed by atoms with Crippen molar-refractivity contribution in [3.8, 4) is 17.0 Å². The van der Waals surface area contributed by atoms with E-state index in [1.807, 2.05) is 50.2 Å². The number of hydrogen-bond acceptors (Lipinski definition) is 4. The summed E-state index contributed by atoms with van der Waals surface area (Å²) in [5, 5.41) is 20.8. The van der Waals surface area contributed by atoms with E-state index >= 15 is 0 Å². The van der Waals surface area contributed by atoms with Gasteiger partial charge in [0.05, 0.1) is 11.4 Å². The van der Waals surface area contributed by atoms with E-state index in [1.165, 1.54) is 10.7 Å². The Morgan fingerprint density at radius 3 is 2.53 bits per heavy atom. The molecule has 1 aliphatic carbocycles. The van der Waals surface area contributed by atoms with Crippen LogP contribution in [-0.4, -0.2) is 26.8 Å². The average Bonchev–Trinajstić information content (AvgIpc) is 3.51. The van der Waals surface area contributed by atoms with E-state index < -0.39 is 0 Å². The molecule has 7 nitrogen and oxygen atoms in total. The van der Waals surface area contributed by atoms with Crippen LogP contribution in [-0.2, 0) is 11.3 Å². The third-order valence-electron chi connectivity index (χ3n) is 5.36. The van der Waals surface area contributed by atoms with Gasteiger partial charge in [-0.2, -0.15) is 9.78 Å². The maximum atomic E-state index is 12.8. The minimum atomic E-state index is -0.293. The van der Waals surface area contributed by atoms with Crippen molar-refractivity contribution in [1.82, 2.24) is 15.1 Å². The summed E-state index contributed by atoms with van der Waals surface area (Å²) in [4.78, 5) is 24.8. The molecule has 32 heavy (non-hydrogen) atoms. The van der Waals surface area contributed by atoms with E-state index in [0.717, 1.165) is 24.1 Å². The van der Waals surface area contributed by atoms with Crippen LogP contribution in [0.2, 0.25) is 0 Å². The molecule has 7 heteroatoms. The number of amides is 2. The van der Waals surface area contributed by atoms with Crippen LogP contribution in [0, 0.1) is 5.92 Å². The first-order chi connectivity index (χ1) is 15.4. The standard InChI is InChI=1S/C25H28N4O3/c1-16(2)12-24(31)27-19-10-11-20(23(30)13-19)21-14-22(18-8-9-18)29(28-21)25(32)26-15-17-6-4-3-5-7-17/h3-7,10-11,13-14,16,18,30H,8-9,12,15H2,1-2H3,(H,26,32)(H,27,31). The van der Waals surface area contributed by atoms with Crippen molar-refractivity contribution in [3.63, 3.8) is 0 Å². The van der Waals surface area contributed by atoms with Crippen molar-refractivity contribution in [2.45, 2.75) is 45.6 Å². The van der Waals surface area contributed by atoms with Gasteiger partial charge in [-0.3, -0.25) is 4.79 Å². The molecule has 0 radical (unpaired) electrons. The molecule has 1 aromatic heterocycles. The zero-order valence-corrected chi connectivity index (χ0v) is 18.3. The van der Waals surface area contributed by atoms with Crippen LogP contribution in [0.25, 0.3) is 11.3 Å². The highest BCUT2D eigenvalue weighted by Crippen LogP contribution is 2.42. The van der Waals surface area contributed by atoms with Crippen LogP contribution in [0.1, 0.15) is 50.3 Å². The Morgan fingerprint density at radius 1 is 1.12 bits per heavy atom. The SMILES string of the molecule is CC(C)CC(=O)Nc1ccc(-c2cc(C3CC3)n(C(=O)NCc3ccccc3)n2)c(O)c1. The van der Waals surface area contributed by atoms with Crippen molar-refractivity contribution >= 4 is 17.6 Å². The number of aromatic nitrogens is 2. The van der Waals surface area contributed by atoms with Gasteiger partial charge in [0.25, 0.3) is 0 Å². The van der Waals surface area contributed by atoms with Crippen molar-refractivity contribution in [1.29, 1.82) is 0 Å². The first-order valence-corrected chi connectivity index (χ1v) is 11.0. The molecule has 0 saturated heterocycles. The monoisotopic (exact) mass is 432 g/mol. The quantitative estimate of drug-likeness (QED) is 0.496. The zero-order valence-electron chi connectivity index (χ0n) is 18.3. The zero-order chi connectivity index (χ0) is 22.7. The van der Waals surface area contributed by atoms with E-state index in [-0.39, 0.29) is 23.6 Å². The lowest BCUT2D eigenvalue weighted by molar-refractivity contribution is -0.116. The fraction of sp³-hybridized carbons (Fsp3) is 0.320. The largest absolute Gasteiger partial charge is 0.507 e. The van der Waals surface area contributed by atoms with Gasteiger partial charge in [-0.05, 0) is 42.5 Å². The molecule has 0 aliphatic heterocycles. The highest BCUT2D eigenvalue weighted by Gasteiger charge is 2.30. The number of hydrogen-bond donors (Lipinski definition) is 3. The summed E-state index contributed by atoms with van der Waals surface area (Å²) < 4.78 is 1.41.